The van der Waals surface area contributed by atoms with Gasteiger partial charge in [0.15, 0.2) is 0 Å². The van der Waals surface area contributed by atoms with Crippen LogP contribution in [0.1, 0.15) is 0 Å². The van der Waals surface area contributed by atoms with Gasteiger partial charge in [-0.1, -0.05) is 140 Å². The molecule has 0 spiro atoms. The lowest BCUT2D eigenvalue weighted by Crippen LogP contribution is -1.95. The first-order valence-corrected chi connectivity index (χ1v) is 17.6. The largest absolute Gasteiger partial charge is 0.309 e. The van der Waals surface area contributed by atoms with Crippen molar-refractivity contribution in [2.75, 3.05) is 0 Å². The highest BCUT2D eigenvalue weighted by Crippen LogP contribution is 2.41. The van der Waals surface area contributed by atoms with Crippen molar-refractivity contribution in [2.45, 2.75) is 0 Å². The summed E-state index contributed by atoms with van der Waals surface area (Å²) in [4.78, 5) is 5.23. The van der Waals surface area contributed by atoms with Crippen LogP contribution in [0, 0.1) is 0 Å². The first-order valence-electron chi connectivity index (χ1n) is 17.6. The van der Waals surface area contributed by atoms with Gasteiger partial charge in [-0.15, -0.1) is 0 Å². The second kappa shape index (κ2) is 10.9. The van der Waals surface area contributed by atoms with Gasteiger partial charge in [0.2, 0.25) is 0 Å². The number of hydrogen-bond donors (Lipinski definition) is 0. The minimum absolute atomic E-state index is 1.01. The fourth-order valence-corrected chi connectivity index (χ4v) is 8.40. The Morgan fingerprint density at radius 1 is 0.294 bits per heavy atom. The summed E-state index contributed by atoms with van der Waals surface area (Å²) in [5.74, 6) is 0. The van der Waals surface area contributed by atoms with E-state index in [9.17, 15) is 0 Å². The van der Waals surface area contributed by atoms with Gasteiger partial charge in [0.05, 0.1) is 22.2 Å². The highest BCUT2D eigenvalue weighted by molar-refractivity contribution is 6.26. The fraction of sp³-hybridized carbons (Fsp3) is 0. The molecule has 0 radical (unpaired) electrons. The highest BCUT2D eigenvalue weighted by Gasteiger charge is 2.18. The summed E-state index contributed by atoms with van der Waals surface area (Å²) in [5.41, 5.74) is 9.06. The van der Waals surface area contributed by atoms with Crippen molar-refractivity contribution in [3.05, 3.63) is 182 Å². The number of pyridine rings is 1. The molecule has 2 heterocycles. The van der Waals surface area contributed by atoms with Crippen LogP contribution in [0.25, 0.3) is 104 Å². The molecule has 2 heteroatoms. The number of fused-ring (bicyclic) bond motifs is 12. The van der Waals surface area contributed by atoms with Crippen LogP contribution >= 0.6 is 0 Å². The Labute approximate surface area is 294 Å². The molecule has 11 rings (SSSR count). The molecular formula is C49H30N2. The molecule has 0 unspecified atom stereocenters. The van der Waals surface area contributed by atoms with Gasteiger partial charge in [-0.3, -0.25) is 0 Å². The van der Waals surface area contributed by atoms with Crippen molar-refractivity contribution in [3.8, 4) is 28.1 Å². The number of para-hydroxylation sites is 2. The van der Waals surface area contributed by atoms with Gasteiger partial charge < -0.3 is 4.57 Å². The Balaban J connectivity index is 1.12. The van der Waals surface area contributed by atoms with E-state index in [-0.39, 0.29) is 0 Å². The molecule has 51 heavy (non-hydrogen) atoms. The van der Waals surface area contributed by atoms with E-state index in [4.69, 9.17) is 4.98 Å². The molecule has 0 bridgehead atoms. The Bertz CT molecular complexity index is 3140. The Kier molecular flexibility index (Phi) is 5.99. The molecule has 0 aliphatic rings. The van der Waals surface area contributed by atoms with Gasteiger partial charge in [-0.25, -0.2) is 4.98 Å². The summed E-state index contributed by atoms with van der Waals surface area (Å²) in [5, 5.41) is 13.8. The molecule has 9 aromatic carbocycles. The second-order valence-corrected chi connectivity index (χ2v) is 13.5. The average Bonchev–Trinajstić information content (AvgIpc) is 3.53. The molecule has 2 nitrogen and oxygen atoms in total. The predicted molar refractivity (Wildman–Crippen MR) is 217 cm³/mol. The van der Waals surface area contributed by atoms with Crippen molar-refractivity contribution in [3.63, 3.8) is 0 Å². The molecule has 11 aromatic rings. The summed E-state index contributed by atoms with van der Waals surface area (Å²) in [6.45, 7) is 0. The first-order chi connectivity index (χ1) is 25.3. The Morgan fingerprint density at radius 3 is 1.57 bits per heavy atom. The second-order valence-electron chi connectivity index (χ2n) is 13.5. The lowest BCUT2D eigenvalue weighted by Gasteiger charge is -2.14. The predicted octanol–water partition coefficient (Wildman–Crippen LogP) is 13.3. The number of hydrogen-bond acceptors (Lipinski definition) is 1. The molecule has 0 aliphatic heterocycles. The molecule has 0 saturated heterocycles. The van der Waals surface area contributed by atoms with Crippen LogP contribution in [-0.2, 0) is 0 Å². The summed E-state index contributed by atoms with van der Waals surface area (Å²) < 4.78 is 2.41. The minimum atomic E-state index is 1.01. The van der Waals surface area contributed by atoms with Gasteiger partial charge in [-0.2, -0.15) is 0 Å². The molecule has 0 atom stereocenters. The van der Waals surface area contributed by atoms with E-state index in [0.717, 1.165) is 27.8 Å². The van der Waals surface area contributed by atoms with E-state index in [0.29, 0.717) is 0 Å². The molecule has 0 saturated carbocycles. The SMILES string of the molecule is c1ccc(-c2nc3ccccc3c3cc4c5ccccc5n(-c5ccc(-c6ccc7c8ccccc8c8ccccc8c7c6)cc5)c4cc23)cc1. The van der Waals surface area contributed by atoms with E-state index in [1.807, 2.05) is 0 Å². The van der Waals surface area contributed by atoms with Gasteiger partial charge in [-0.05, 0) is 91.3 Å². The van der Waals surface area contributed by atoms with Crippen LogP contribution < -0.4 is 0 Å². The van der Waals surface area contributed by atoms with Crippen LogP contribution in [0.4, 0.5) is 0 Å². The summed E-state index contributed by atoms with van der Waals surface area (Å²) in [7, 11) is 0. The standard InChI is InChI=1S/C49H30N2/c1-2-12-32(13-3-1)49-45-30-48-44(29-43(45)40-18-8-10-20-46(40)50-49)41-19-9-11-21-47(41)51(48)34-25-22-31(23-26-34)33-24-27-39-37-16-5-4-14-35(37)36-15-6-7-17-38(36)42(39)28-33/h1-30H. The van der Waals surface area contributed by atoms with Crippen molar-refractivity contribution >= 4 is 75.8 Å². The zero-order valence-corrected chi connectivity index (χ0v) is 27.7. The highest BCUT2D eigenvalue weighted by atomic mass is 15.0. The smallest absolute Gasteiger partial charge is 0.0788 e. The lowest BCUT2D eigenvalue weighted by molar-refractivity contribution is 1.18. The van der Waals surface area contributed by atoms with E-state index < -0.39 is 0 Å². The van der Waals surface area contributed by atoms with Crippen molar-refractivity contribution in [2.24, 2.45) is 0 Å². The van der Waals surface area contributed by atoms with Crippen LogP contribution in [0.3, 0.4) is 0 Å². The van der Waals surface area contributed by atoms with Crippen molar-refractivity contribution < 1.29 is 0 Å². The van der Waals surface area contributed by atoms with Crippen LogP contribution in [-0.4, -0.2) is 9.55 Å². The maximum absolute atomic E-state index is 5.23. The normalized spacial score (nSPS) is 11.9. The number of aromatic nitrogens is 2. The van der Waals surface area contributed by atoms with E-state index in [2.05, 4.69) is 187 Å². The molecule has 0 N–H and O–H groups in total. The average molecular weight is 647 g/mol. The van der Waals surface area contributed by atoms with Crippen LogP contribution in [0.15, 0.2) is 182 Å². The van der Waals surface area contributed by atoms with E-state index in [1.54, 1.807) is 0 Å². The maximum Gasteiger partial charge on any atom is 0.0788 e. The number of rotatable bonds is 3. The maximum atomic E-state index is 5.23. The van der Waals surface area contributed by atoms with Gasteiger partial charge in [0, 0.05) is 32.8 Å². The van der Waals surface area contributed by atoms with Gasteiger partial charge >= 0.3 is 0 Å². The summed E-state index contributed by atoms with van der Waals surface area (Å²) >= 11 is 0. The third kappa shape index (κ3) is 4.20. The van der Waals surface area contributed by atoms with Crippen molar-refractivity contribution in [1.29, 1.82) is 0 Å². The molecule has 236 valence electrons. The third-order valence-electron chi connectivity index (χ3n) is 10.7. The van der Waals surface area contributed by atoms with Gasteiger partial charge in [0.25, 0.3) is 0 Å². The fourth-order valence-electron chi connectivity index (χ4n) is 8.40. The molecule has 0 fully saturated rings. The molecular weight excluding hydrogens is 617 g/mol. The van der Waals surface area contributed by atoms with Crippen LogP contribution in [0.2, 0.25) is 0 Å². The van der Waals surface area contributed by atoms with Crippen molar-refractivity contribution in [1.82, 2.24) is 9.55 Å². The number of nitrogens with zero attached hydrogens (tertiary/aromatic N) is 2. The lowest BCUT2D eigenvalue weighted by atomic mass is 9.92. The monoisotopic (exact) mass is 646 g/mol. The topological polar surface area (TPSA) is 17.8 Å². The zero-order chi connectivity index (χ0) is 33.5. The van der Waals surface area contributed by atoms with Crippen LogP contribution in [0.5, 0.6) is 0 Å². The summed E-state index contributed by atoms with van der Waals surface area (Å²) in [6.07, 6.45) is 0. The Morgan fingerprint density at radius 2 is 0.843 bits per heavy atom. The first kappa shape index (κ1) is 28.1. The molecule has 0 amide bonds. The summed E-state index contributed by atoms with van der Waals surface area (Å²) in [6, 6.07) is 66.2. The van der Waals surface area contributed by atoms with Gasteiger partial charge in [0.1, 0.15) is 0 Å². The van der Waals surface area contributed by atoms with E-state index in [1.165, 1.54) is 76.0 Å². The minimum Gasteiger partial charge on any atom is -0.309 e. The quantitative estimate of drug-likeness (QED) is 0.175. The number of benzene rings is 9. The van der Waals surface area contributed by atoms with E-state index >= 15 is 0 Å². The molecule has 0 aliphatic carbocycles. The third-order valence-corrected chi connectivity index (χ3v) is 10.7. The zero-order valence-electron chi connectivity index (χ0n) is 27.7. The Hall–Kier alpha value is -6.77. The molecule has 2 aromatic heterocycles.